The summed E-state index contributed by atoms with van der Waals surface area (Å²) in [6.07, 6.45) is 8.47. The first-order valence-electron chi connectivity index (χ1n) is 15.4. The van der Waals surface area contributed by atoms with E-state index in [0.29, 0.717) is 46.5 Å². The van der Waals surface area contributed by atoms with Gasteiger partial charge >= 0.3 is 0 Å². The largest absolute Gasteiger partial charge is 0.497 e. The SMILES string of the molecule is COc1cccc(Oc2cc(NCCC(C)C3CCCOCC3)n3ncc(-c4ccc(C(=O)NC5CC5)c(C)c4)c3n2)c1. The molecule has 2 aromatic carbocycles. The number of amides is 1. The number of nitrogens with zero attached hydrogens (tertiary/aromatic N) is 3. The summed E-state index contributed by atoms with van der Waals surface area (Å²) >= 11 is 0. The van der Waals surface area contributed by atoms with Crippen molar-refractivity contribution in [3.63, 3.8) is 0 Å². The first-order chi connectivity index (χ1) is 21.0. The number of hydrogen-bond acceptors (Lipinski definition) is 7. The van der Waals surface area contributed by atoms with Crippen molar-refractivity contribution in [2.24, 2.45) is 11.8 Å². The van der Waals surface area contributed by atoms with Crippen LogP contribution in [-0.2, 0) is 4.74 Å². The van der Waals surface area contributed by atoms with Crippen LogP contribution in [0.15, 0.2) is 54.7 Å². The maximum atomic E-state index is 12.7. The number of fused-ring (bicyclic) bond motifs is 1. The number of carbonyl (C=O) groups excluding carboxylic acids is 1. The van der Waals surface area contributed by atoms with Crippen molar-refractivity contribution >= 4 is 17.4 Å². The fraction of sp³-hybridized carbons (Fsp3) is 0.441. The molecule has 2 aromatic heterocycles. The summed E-state index contributed by atoms with van der Waals surface area (Å²) in [5, 5.41) is 11.4. The van der Waals surface area contributed by atoms with E-state index >= 15 is 0 Å². The molecule has 6 rings (SSSR count). The van der Waals surface area contributed by atoms with E-state index in [9.17, 15) is 4.79 Å². The summed E-state index contributed by atoms with van der Waals surface area (Å²) in [6.45, 7) is 6.86. The Kier molecular flexibility index (Phi) is 8.79. The second-order valence-corrected chi connectivity index (χ2v) is 11.8. The van der Waals surface area contributed by atoms with Crippen molar-refractivity contribution in [1.82, 2.24) is 19.9 Å². The molecule has 1 aliphatic carbocycles. The van der Waals surface area contributed by atoms with Gasteiger partial charge in [0.15, 0.2) is 5.65 Å². The van der Waals surface area contributed by atoms with Gasteiger partial charge in [-0.1, -0.05) is 25.1 Å². The highest BCUT2D eigenvalue weighted by atomic mass is 16.5. The van der Waals surface area contributed by atoms with Crippen LogP contribution in [0.25, 0.3) is 16.8 Å². The van der Waals surface area contributed by atoms with E-state index < -0.39 is 0 Å². The second-order valence-electron chi connectivity index (χ2n) is 11.8. The van der Waals surface area contributed by atoms with Gasteiger partial charge in [-0.15, -0.1) is 0 Å². The summed E-state index contributed by atoms with van der Waals surface area (Å²) in [5.74, 6) is 3.86. The summed E-state index contributed by atoms with van der Waals surface area (Å²) < 4.78 is 19.1. The Balaban J connectivity index is 1.28. The molecule has 1 amide bonds. The van der Waals surface area contributed by atoms with Gasteiger partial charge in [-0.25, -0.2) is 0 Å². The monoisotopic (exact) mass is 583 g/mol. The quantitative estimate of drug-likeness (QED) is 0.204. The Morgan fingerprint density at radius 2 is 1.95 bits per heavy atom. The third-order valence-electron chi connectivity index (χ3n) is 8.61. The number of rotatable bonds is 11. The van der Waals surface area contributed by atoms with Crippen LogP contribution < -0.4 is 20.1 Å². The van der Waals surface area contributed by atoms with E-state index in [2.05, 4.69) is 17.6 Å². The number of ether oxygens (including phenoxy) is 3. The number of anilines is 1. The van der Waals surface area contributed by atoms with Gasteiger partial charge < -0.3 is 24.8 Å². The third kappa shape index (κ3) is 6.94. The Labute approximate surface area is 253 Å². The van der Waals surface area contributed by atoms with Gasteiger partial charge in [-0.05, 0) is 86.6 Å². The van der Waals surface area contributed by atoms with E-state index in [0.717, 1.165) is 74.4 Å². The lowest BCUT2D eigenvalue weighted by Gasteiger charge is -2.22. The molecule has 43 heavy (non-hydrogen) atoms. The average molecular weight is 584 g/mol. The van der Waals surface area contributed by atoms with Crippen LogP contribution in [0.1, 0.15) is 61.4 Å². The fourth-order valence-electron chi connectivity index (χ4n) is 5.85. The topological polar surface area (TPSA) is 99.0 Å². The molecule has 1 saturated heterocycles. The molecule has 1 saturated carbocycles. The summed E-state index contributed by atoms with van der Waals surface area (Å²) in [7, 11) is 1.63. The smallest absolute Gasteiger partial charge is 0.251 e. The van der Waals surface area contributed by atoms with E-state index in [1.54, 1.807) is 7.11 Å². The predicted molar refractivity (Wildman–Crippen MR) is 167 cm³/mol. The van der Waals surface area contributed by atoms with E-state index in [1.807, 2.05) is 66.2 Å². The number of hydrogen-bond donors (Lipinski definition) is 2. The third-order valence-corrected chi connectivity index (χ3v) is 8.61. The normalized spacial score (nSPS) is 17.7. The number of aromatic nitrogens is 3. The maximum Gasteiger partial charge on any atom is 0.251 e. The van der Waals surface area contributed by atoms with Gasteiger partial charge in [0, 0.05) is 49.1 Å². The van der Waals surface area contributed by atoms with E-state index in [1.165, 1.54) is 6.42 Å². The van der Waals surface area contributed by atoms with Gasteiger partial charge in [0.25, 0.3) is 5.91 Å². The van der Waals surface area contributed by atoms with Crippen LogP contribution in [0.3, 0.4) is 0 Å². The molecule has 2 fully saturated rings. The molecule has 226 valence electrons. The van der Waals surface area contributed by atoms with Gasteiger partial charge in [-0.2, -0.15) is 14.6 Å². The van der Waals surface area contributed by atoms with Crippen LogP contribution in [0.2, 0.25) is 0 Å². The lowest BCUT2D eigenvalue weighted by atomic mass is 9.85. The first-order valence-corrected chi connectivity index (χ1v) is 15.4. The Hall–Kier alpha value is -4.11. The first kappa shape index (κ1) is 29.0. The number of benzene rings is 2. The molecule has 3 heterocycles. The van der Waals surface area contributed by atoms with Gasteiger partial charge in [0.2, 0.25) is 5.88 Å². The van der Waals surface area contributed by atoms with Crippen LogP contribution in [-0.4, -0.2) is 53.4 Å². The second kappa shape index (κ2) is 13.0. The van der Waals surface area contributed by atoms with E-state index in [-0.39, 0.29) is 5.91 Å². The lowest BCUT2D eigenvalue weighted by Crippen LogP contribution is -2.26. The standard InChI is InChI=1S/C34H41N5O4/c1-22(24-6-5-16-42-17-14-24)13-15-35-31-20-32(43-28-8-4-7-27(19-28)41-3)38-33-30(21-36-39(31)33)25-9-12-29(23(2)18-25)34(40)37-26-10-11-26/h4,7-9,12,18-22,24,26,35H,5-6,10-11,13-17H2,1-3H3,(H,37,40). The van der Waals surface area contributed by atoms with Crippen molar-refractivity contribution in [3.8, 4) is 28.5 Å². The molecule has 0 radical (unpaired) electrons. The van der Waals surface area contributed by atoms with Gasteiger partial charge in [0.1, 0.15) is 17.3 Å². The molecule has 9 nitrogen and oxygen atoms in total. The lowest BCUT2D eigenvalue weighted by molar-refractivity contribution is 0.0950. The van der Waals surface area contributed by atoms with Crippen molar-refractivity contribution in [1.29, 1.82) is 0 Å². The summed E-state index contributed by atoms with van der Waals surface area (Å²) in [6, 6.07) is 15.6. The Bertz CT molecular complexity index is 1570. The number of nitrogens with one attached hydrogen (secondary N) is 2. The predicted octanol–water partition coefficient (Wildman–Crippen LogP) is 6.65. The maximum absolute atomic E-state index is 12.7. The molecular formula is C34H41N5O4. The summed E-state index contributed by atoms with van der Waals surface area (Å²) in [4.78, 5) is 17.6. The Morgan fingerprint density at radius 1 is 1.09 bits per heavy atom. The summed E-state index contributed by atoms with van der Waals surface area (Å²) in [5.41, 5.74) is 4.08. The zero-order valence-electron chi connectivity index (χ0n) is 25.3. The van der Waals surface area contributed by atoms with Crippen LogP contribution in [0, 0.1) is 18.8 Å². The van der Waals surface area contributed by atoms with Gasteiger partial charge in [0.05, 0.1) is 13.3 Å². The van der Waals surface area contributed by atoms with Crippen molar-refractivity contribution < 1.29 is 19.0 Å². The minimum Gasteiger partial charge on any atom is -0.497 e. The molecular weight excluding hydrogens is 542 g/mol. The molecule has 1 aliphatic heterocycles. The van der Waals surface area contributed by atoms with Crippen LogP contribution in [0.4, 0.5) is 5.82 Å². The van der Waals surface area contributed by atoms with Crippen molar-refractivity contribution in [2.45, 2.75) is 58.4 Å². The minimum absolute atomic E-state index is 0.0180. The van der Waals surface area contributed by atoms with Crippen LogP contribution >= 0.6 is 0 Å². The molecule has 2 unspecified atom stereocenters. The van der Waals surface area contributed by atoms with E-state index in [4.69, 9.17) is 24.3 Å². The number of carbonyl (C=O) groups is 1. The van der Waals surface area contributed by atoms with Crippen molar-refractivity contribution in [2.75, 3.05) is 32.2 Å². The zero-order valence-corrected chi connectivity index (χ0v) is 25.3. The minimum atomic E-state index is -0.0180. The number of aryl methyl sites for hydroxylation is 1. The molecule has 2 N–H and O–H groups in total. The van der Waals surface area contributed by atoms with Crippen LogP contribution in [0.5, 0.6) is 17.4 Å². The molecule has 2 atom stereocenters. The highest BCUT2D eigenvalue weighted by molar-refractivity contribution is 5.97. The average Bonchev–Trinajstić information content (AvgIpc) is 3.78. The molecule has 0 bridgehead atoms. The highest BCUT2D eigenvalue weighted by Crippen LogP contribution is 2.32. The Morgan fingerprint density at radius 3 is 2.77 bits per heavy atom. The fourth-order valence-corrected chi connectivity index (χ4v) is 5.85. The van der Waals surface area contributed by atoms with Crippen molar-refractivity contribution in [3.05, 3.63) is 65.9 Å². The highest BCUT2D eigenvalue weighted by Gasteiger charge is 2.25. The molecule has 2 aliphatic rings. The zero-order chi connectivity index (χ0) is 29.8. The molecule has 0 spiro atoms. The molecule has 9 heteroatoms. The molecule has 4 aromatic rings. The number of methoxy groups -OCH3 is 1. The van der Waals surface area contributed by atoms with Gasteiger partial charge in [-0.3, -0.25) is 4.79 Å².